The largest absolute Gasteiger partial charge is 0.460 e. The van der Waals surface area contributed by atoms with Crippen LogP contribution in [0.25, 0.3) is 0 Å². The van der Waals surface area contributed by atoms with Gasteiger partial charge in [-0.2, -0.15) is 0 Å². The van der Waals surface area contributed by atoms with Crippen LogP contribution < -0.4 is 0 Å². The molecule has 3 nitrogen and oxygen atoms in total. The first kappa shape index (κ1) is 20.1. The lowest BCUT2D eigenvalue weighted by molar-refractivity contribution is -0.155. The standard InChI is InChI=1S/C18H34O3/c1-4-6-7-8-9-10-11-12-13-14-15-21-18(20)17(19)16(3)5-2/h16H,4-15H2,1-3H3. The van der Waals surface area contributed by atoms with Crippen molar-refractivity contribution in [2.45, 2.75) is 91.4 Å². The second-order valence-corrected chi connectivity index (χ2v) is 5.99. The average molecular weight is 298 g/mol. The quantitative estimate of drug-likeness (QED) is 0.255. The lowest BCUT2D eigenvalue weighted by Crippen LogP contribution is -2.24. The Labute approximate surface area is 130 Å². The molecule has 0 heterocycles. The maximum Gasteiger partial charge on any atom is 0.374 e. The van der Waals surface area contributed by atoms with Gasteiger partial charge in [-0.05, 0) is 12.8 Å². The molecule has 0 amide bonds. The molecule has 0 saturated carbocycles. The molecule has 0 aromatic carbocycles. The minimum absolute atomic E-state index is 0.217. The highest BCUT2D eigenvalue weighted by molar-refractivity contribution is 6.34. The Balaban J connectivity index is 3.32. The number of unbranched alkanes of at least 4 members (excludes halogenated alkanes) is 9. The van der Waals surface area contributed by atoms with Crippen molar-refractivity contribution in [2.24, 2.45) is 5.92 Å². The molecule has 124 valence electrons. The predicted octanol–water partition coefficient (Wildman–Crippen LogP) is 5.07. The summed E-state index contributed by atoms with van der Waals surface area (Å²) in [6.45, 7) is 6.29. The molecule has 1 unspecified atom stereocenters. The SMILES string of the molecule is CCCCCCCCCCCCOC(=O)C(=O)C(C)CC. The van der Waals surface area contributed by atoms with Gasteiger partial charge in [-0.15, -0.1) is 0 Å². The number of Topliss-reactive ketones (excluding diaryl/α,β-unsaturated/α-hetero) is 1. The minimum atomic E-state index is -0.653. The smallest absolute Gasteiger partial charge is 0.374 e. The average Bonchev–Trinajstić information content (AvgIpc) is 2.50. The fraction of sp³-hybridized carbons (Fsp3) is 0.889. The molecule has 0 fully saturated rings. The van der Waals surface area contributed by atoms with Gasteiger partial charge in [0.2, 0.25) is 5.78 Å². The molecule has 0 aromatic heterocycles. The number of hydrogen-bond donors (Lipinski definition) is 0. The van der Waals surface area contributed by atoms with Crippen LogP contribution in [-0.4, -0.2) is 18.4 Å². The van der Waals surface area contributed by atoms with Gasteiger partial charge >= 0.3 is 5.97 Å². The molecule has 3 heteroatoms. The molecular formula is C18H34O3. The molecule has 0 spiro atoms. The fourth-order valence-electron chi connectivity index (χ4n) is 2.21. The van der Waals surface area contributed by atoms with Gasteiger partial charge in [0.15, 0.2) is 0 Å². The molecule has 0 bridgehead atoms. The van der Waals surface area contributed by atoms with Crippen LogP contribution >= 0.6 is 0 Å². The number of ether oxygens (including phenoxy) is 1. The fourth-order valence-corrected chi connectivity index (χ4v) is 2.21. The summed E-state index contributed by atoms with van der Waals surface area (Å²) in [5, 5.41) is 0. The zero-order valence-corrected chi connectivity index (χ0v) is 14.3. The van der Waals surface area contributed by atoms with E-state index in [9.17, 15) is 9.59 Å². The van der Waals surface area contributed by atoms with E-state index in [0.29, 0.717) is 13.0 Å². The molecule has 1 atom stereocenters. The lowest BCUT2D eigenvalue weighted by atomic mass is 10.0. The van der Waals surface area contributed by atoms with Crippen LogP contribution in [0.15, 0.2) is 0 Å². The van der Waals surface area contributed by atoms with Gasteiger partial charge in [0.05, 0.1) is 6.61 Å². The molecule has 0 saturated heterocycles. The molecule has 0 N–H and O–H groups in total. The van der Waals surface area contributed by atoms with Crippen molar-refractivity contribution in [3.8, 4) is 0 Å². The Morgan fingerprint density at radius 1 is 0.810 bits per heavy atom. The van der Waals surface area contributed by atoms with E-state index >= 15 is 0 Å². The van der Waals surface area contributed by atoms with Gasteiger partial charge in [-0.3, -0.25) is 4.79 Å². The van der Waals surface area contributed by atoms with E-state index < -0.39 is 5.97 Å². The van der Waals surface area contributed by atoms with E-state index in [1.807, 2.05) is 6.92 Å². The van der Waals surface area contributed by atoms with E-state index in [1.54, 1.807) is 6.92 Å². The van der Waals surface area contributed by atoms with E-state index in [0.717, 1.165) is 12.8 Å². The summed E-state index contributed by atoms with van der Waals surface area (Å²) >= 11 is 0. The van der Waals surface area contributed by atoms with Crippen molar-refractivity contribution >= 4 is 11.8 Å². The van der Waals surface area contributed by atoms with Crippen molar-refractivity contribution in [2.75, 3.05) is 6.61 Å². The van der Waals surface area contributed by atoms with Gasteiger partial charge < -0.3 is 4.74 Å². The van der Waals surface area contributed by atoms with Gasteiger partial charge in [-0.25, -0.2) is 4.79 Å². The first-order valence-corrected chi connectivity index (χ1v) is 8.84. The normalized spacial score (nSPS) is 12.1. The molecule has 0 aromatic rings. The lowest BCUT2D eigenvalue weighted by Gasteiger charge is -2.07. The van der Waals surface area contributed by atoms with Crippen molar-refractivity contribution in [3.63, 3.8) is 0 Å². The highest BCUT2D eigenvalue weighted by atomic mass is 16.5. The van der Waals surface area contributed by atoms with E-state index in [1.165, 1.54) is 51.4 Å². The molecule has 0 aliphatic carbocycles. The third-order valence-electron chi connectivity index (χ3n) is 3.99. The number of carbonyl (C=O) groups is 2. The monoisotopic (exact) mass is 298 g/mol. The summed E-state index contributed by atoms with van der Waals surface area (Å²) in [5.74, 6) is -1.25. The number of rotatable bonds is 14. The molecule has 0 aliphatic rings. The van der Waals surface area contributed by atoms with Crippen LogP contribution in [0.4, 0.5) is 0 Å². The Kier molecular flexibility index (Phi) is 13.5. The van der Waals surface area contributed by atoms with E-state index in [-0.39, 0.29) is 11.7 Å². The third kappa shape index (κ3) is 11.5. The summed E-state index contributed by atoms with van der Waals surface area (Å²) < 4.78 is 5.01. The first-order chi connectivity index (χ1) is 10.1. The molecule has 0 aliphatic heterocycles. The topological polar surface area (TPSA) is 43.4 Å². The van der Waals surface area contributed by atoms with E-state index in [4.69, 9.17) is 4.74 Å². The van der Waals surface area contributed by atoms with Crippen LogP contribution in [0.2, 0.25) is 0 Å². The summed E-state index contributed by atoms with van der Waals surface area (Å²) in [6.07, 6.45) is 13.2. The van der Waals surface area contributed by atoms with Gasteiger partial charge in [0.1, 0.15) is 0 Å². The predicted molar refractivity (Wildman–Crippen MR) is 87.3 cm³/mol. The second kappa shape index (κ2) is 14.1. The summed E-state index contributed by atoms with van der Waals surface area (Å²) in [6, 6.07) is 0. The number of esters is 1. The zero-order chi connectivity index (χ0) is 15.9. The molecule has 21 heavy (non-hydrogen) atoms. The number of carbonyl (C=O) groups excluding carboxylic acids is 2. The zero-order valence-electron chi connectivity index (χ0n) is 14.3. The maximum atomic E-state index is 11.5. The molecular weight excluding hydrogens is 264 g/mol. The van der Waals surface area contributed by atoms with Crippen molar-refractivity contribution in [1.82, 2.24) is 0 Å². The summed E-state index contributed by atoms with van der Waals surface area (Å²) in [5.41, 5.74) is 0. The van der Waals surface area contributed by atoms with Crippen LogP contribution in [0.3, 0.4) is 0 Å². The Hall–Kier alpha value is -0.860. The maximum absolute atomic E-state index is 11.5. The highest BCUT2D eigenvalue weighted by Crippen LogP contribution is 2.10. The van der Waals surface area contributed by atoms with Crippen LogP contribution in [0, 0.1) is 5.92 Å². The van der Waals surface area contributed by atoms with Crippen LogP contribution in [0.5, 0.6) is 0 Å². The highest BCUT2D eigenvalue weighted by Gasteiger charge is 2.20. The number of ketones is 1. The van der Waals surface area contributed by atoms with Crippen molar-refractivity contribution in [3.05, 3.63) is 0 Å². The Morgan fingerprint density at radius 2 is 1.29 bits per heavy atom. The second-order valence-electron chi connectivity index (χ2n) is 5.99. The Morgan fingerprint density at radius 3 is 1.76 bits per heavy atom. The van der Waals surface area contributed by atoms with E-state index in [2.05, 4.69) is 6.92 Å². The van der Waals surface area contributed by atoms with Gasteiger partial charge in [-0.1, -0.05) is 78.6 Å². The Bertz CT molecular complexity index is 274. The summed E-state index contributed by atoms with van der Waals surface area (Å²) in [7, 11) is 0. The summed E-state index contributed by atoms with van der Waals surface area (Å²) in [4.78, 5) is 22.9. The van der Waals surface area contributed by atoms with Crippen molar-refractivity contribution in [1.29, 1.82) is 0 Å². The minimum Gasteiger partial charge on any atom is -0.460 e. The molecule has 0 radical (unpaired) electrons. The van der Waals surface area contributed by atoms with Crippen LogP contribution in [-0.2, 0) is 14.3 Å². The third-order valence-corrected chi connectivity index (χ3v) is 3.99. The van der Waals surface area contributed by atoms with Crippen LogP contribution in [0.1, 0.15) is 91.4 Å². The van der Waals surface area contributed by atoms with Gasteiger partial charge in [0, 0.05) is 5.92 Å². The first-order valence-electron chi connectivity index (χ1n) is 8.84. The molecule has 0 rings (SSSR count). The van der Waals surface area contributed by atoms with Gasteiger partial charge in [0.25, 0.3) is 0 Å². The van der Waals surface area contributed by atoms with Crippen molar-refractivity contribution < 1.29 is 14.3 Å². The number of hydrogen-bond acceptors (Lipinski definition) is 3.